The molecule has 3 heterocycles. The van der Waals surface area contributed by atoms with Crippen LogP contribution < -0.4 is 0 Å². The predicted octanol–water partition coefficient (Wildman–Crippen LogP) is 1.39. The Balaban J connectivity index is 1.53. The minimum atomic E-state index is -0.816. The summed E-state index contributed by atoms with van der Waals surface area (Å²) in [5.74, 6) is -1.02. The second-order valence-corrected chi connectivity index (χ2v) is 7.53. The average Bonchev–Trinajstić information content (AvgIpc) is 3.22. The highest BCUT2D eigenvalue weighted by atomic mass is 32.1. The van der Waals surface area contributed by atoms with Gasteiger partial charge in [-0.1, -0.05) is 6.07 Å². The Hall–Kier alpha value is -1.93. The van der Waals surface area contributed by atoms with Gasteiger partial charge in [0.15, 0.2) is 6.10 Å². The molecule has 7 nitrogen and oxygen atoms in total. The Labute approximate surface area is 156 Å². The number of piperidine rings is 1. The third kappa shape index (κ3) is 4.42. The number of ether oxygens (including phenoxy) is 2. The molecule has 1 aromatic rings. The molecule has 0 aromatic carbocycles. The number of hydrogen-bond acceptors (Lipinski definition) is 6. The van der Waals surface area contributed by atoms with Crippen LogP contribution in [0, 0.1) is 5.92 Å². The molecule has 0 saturated carbocycles. The minimum Gasteiger partial charge on any atom is -0.452 e. The fourth-order valence-electron chi connectivity index (χ4n) is 3.27. The lowest BCUT2D eigenvalue weighted by Crippen LogP contribution is -2.47. The minimum absolute atomic E-state index is 0.0464. The van der Waals surface area contributed by atoms with Gasteiger partial charge in [0.05, 0.1) is 24.0 Å². The topological polar surface area (TPSA) is 76.2 Å². The third-order valence-electron chi connectivity index (χ3n) is 4.74. The number of carbonyl (C=O) groups excluding carboxylic acids is 3. The zero-order chi connectivity index (χ0) is 18.5. The molecular weight excluding hydrogens is 356 g/mol. The highest BCUT2D eigenvalue weighted by molar-refractivity contribution is 7.12. The number of thiophene rings is 1. The molecule has 2 aliphatic rings. The molecule has 2 saturated heterocycles. The zero-order valence-corrected chi connectivity index (χ0v) is 15.7. The Bertz CT molecular complexity index is 642. The van der Waals surface area contributed by atoms with E-state index in [9.17, 15) is 14.4 Å². The third-order valence-corrected chi connectivity index (χ3v) is 5.60. The van der Waals surface area contributed by atoms with Crippen LogP contribution in [0.15, 0.2) is 17.5 Å². The monoisotopic (exact) mass is 380 g/mol. The van der Waals surface area contributed by atoms with Crippen molar-refractivity contribution in [2.45, 2.75) is 25.9 Å². The smallest absolute Gasteiger partial charge is 0.311 e. The molecule has 3 rings (SSSR count). The molecule has 1 aromatic heterocycles. The molecule has 0 aliphatic carbocycles. The van der Waals surface area contributed by atoms with Crippen molar-refractivity contribution in [2.24, 2.45) is 5.92 Å². The normalized spacial score (nSPS) is 22.0. The van der Waals surface area contributed by atoms with Gasteiger partial charge in [-0.2, -0.15) is 0 Å². The fraction of sp³-hybridized carbons (Fsp3) is 0.611. The molecule has 8 heteroatoms. The summed E-state index contributed by atoms with van der Waals surface area (Å²) in [7, 11) is 0. The number of likely N-dealkylation sites (tertiary alicyclic amines) is 1. The van der Waals surface area contributed by atoms with Crippen LogP contribution in [0.4, 0.5) is 0 Å². The quantitative estimate of drug-likeness (QED) is 0.738. The molecule has 2 fully saturated rings. The maximum Gasteiger partial charge on any atom is 0.311 e. The SMILES string of the molecule is CC(OC(=O)C1CCCN(C(=O)c2cccs2)C1)C(=O)N1CCOCC1. The van der Waals surface area contributed by atoms with E-state index in [1.54, 1.807) is 22.8 Å². The number of hydrogen-bond donors (Lipinski definition) is 0. The lowest BCUT2D eigenvalue weighted by Gasteiger charge is -2.33. The molecule has 0 spiro atoms. The van der Waals surface area contributed by atoms with Crippen molar-refractivity contribution >= 4 is 29.1 Å². The summed E-state index contributed by atoms with van der Waals surface area (Å²) in [6.45, 7) is 4.65. The number of rotatable bonds is 4. The number of morpholine rings is 1. The van der Waals surface area contributed by atoms with Crippen LogP contribution in [0.3, 0.4) is 0 Å². The van der Waals surface area contributed by atoms with Gasteiger partial charge in [0.25, 0.3) is 11.8 Å². The second kappa shape index (κ2) is 8.64. The van der Waals surface area contributed by atoms with E-state index in [0.717, 1.165) is 6.42 Å². The van der Waals surface area contributed by atoms with Gasteiger partial charge < -0.3 is 19.3 Å². The fourth-order valence-corrected chi connectivity index (χ4v) is 3.96. The molecule has 142 valence electrons. The molecular formula is C18H24N2O5S. The first kappa shape index (κ1) is 18.8. The summed E-state index contributed by atoms with van der Waals surface area (Å²) in [5.41, 5.74) is 0. The Morgan fingerprint density at radius 2 is 2.00 bits per heavy atom. The highest BCUT2D eigenvalue weighted by Crippen LogP contribution is 2.22. The predicted molar refractivity (Wildman–Crippen MR) is 95.9 cm³/mol. The van der Waals surface area contributed by atoms with Gasteiger partial charge in [-0.05, 0) is 31.2 Å². The summed E-state index contributed by atoms with van der Waals surface area (Å²) in [6, 6.07) is 3.63. The van der Waals surface area contributed by atoms with Crippen molar-refractivity contribution in [2.75, 3.05) is 39.4 Å². The average molecular weight is 380 g/mol. The first-order valence-electron chi connectivity index (χ1n) is 8.96. The van der Waals surface area contributed by atoms with E-state index in [4.69, 9.17) is 9.47 Å². The lowest BCUT2D eigenvalue weighted by atomic mass is 9.98. The van der Waals surface area contributed by atoms with E-state index >= 15 is 0 Å². The van der Waals surface area contributed by atoms with Crippen LogP contribution in [-0.2, 0) is 19.1 Å². The summed E-state index contributed by atoms with van der Waals surface area (Å²) >= 11 is 1.40. The summed E-state index contributed by atoms with van der Waals surface area (Å²) in [5, 5.41) is 1.86. The van der Waals surface area contributed by atoms with Gasteiger partial charge in [0.2, 0.25) is 0 Å². The molecule has 2 unspecified atom stereocenters. The summed E-state index contributed by atoms with van der Waals surface area (Å²) in [6.07, 6.45) is 0.609. The van der Waals surface area contributed by atoms with E-state index in [1.807, 2.05) is 11.4 Å². The molecule has 0 radical (unpaired) electrons. The van der Waals surface area contributed by atoms with Crippen LogP contribution >= 0.6 is 11.3 Å². The standard InChI is InChI=1S/C18H24N2O5S/c1-13(16(21)19-7-9-24-10-8-19)25-18(23)14-4-2-6-20(12-14)17(22)15-5-3-11-26-15/h3,5,11,13-14H,2,4,6-10,12H2,1H3. The summed E-state index contributed by atoms with van der Waals surface area (Å²) < 4.78 is 10.6. The number of esters is 1. The van der Waals surface area contributed by atoms with Crippen molar-refractivity contribution in [1.29, 1.82) is 0 Å². The molecule has 2 amide bonds. The van der Waals surface area contributed by atoms with Gasteiger partial charge in [0.1, 0.15) is 0 Å². The highest BCUT2D eigenvalue weighted by Gasteiger charge is 2.33. The van der Waals surface area contributed by atoms with E-state index < -0.39 is 12.1 Å². The van der Waals surface area contributed by atoms with Crippen LogP contribution in [0.1, 0.15) is 29.4 Å². The van der Waals surface area contributed by atoms with Crippen molar-refractivity contribution in [3.05, 3.63) is 22.4 Å². The van der Waals surface area contributed by atoms with Gasteiger partial charge in [-0.25, -0.2) is 0 Å². The molecule has 0 bridgehead atoms. The molecule has 0 N–H and O–H groups in total. The van der Waals surface area contributed by atoms with E-state index in [2.05, 4.69) is 0 Å². The van der Waals surface area contributed by atoms with Gasteiger partial charge in [0, 0.05) is 26.2 Å². The van der Waals surface area contributed by atoms with E-state index in [1.165, 1.54) is 11.3 Å². The van der Waals surface area contributed by atoms with Crippen LogP contribution in [0.2, 0.25) is 0 Å². The maximum atomic E-state index is 12.5. The molecule has 2 aliphatic heterocycles. The van der Waals surface area contributed by atoms with Crippen LogP contribution in [0.25, 0.3) is 0 Å². The van der Waals surface area contributed by atoms with Crippen LogP contribution in [0.5, 0.6) is 0 Å². The molecule has 26 heavy (non-hydrogen) atoms. The zero-order valence-electron chi connectivity index (χ0n) is 14.9. The number of carbonyl (C=O) groups is 3. The second-order valence-electron chi connectivity index (χ2n) is 6.58. The van der Waals surface area contributed by atoms with Crippen LogP contribution in [-0.4, -0.2) is 73.1 Å². The van der Waals surface area contributed by atoms with Gasteiger partial charge >= 0.3 is 5.97 Å². The van der Waals surface area contributed by atoms with Crippen molar-refractivity contribution in [3.8, 4) is 0 Å². The van der Waals surface area contributed by atoms with Gasteiger partial charge in [-0.15, -0.1) is 11.3 Å². The van der Waals surface area contributed by atoms with Crippen molar-refractivity contribution < 1.29 is 23.9 Å². The Kier molecular flexibility index (Phi) is 6.26. The first-order valence-corrected chi connectivity index (χ1v) is 9.84. The van der Waals surface area contributed by atoms with Crippen molar-refractivity contribution in [3.63, 3.8) is 0 Å². The maximum absolute atomic E-state index is 12.5. The molecule has 2 atom stereocenters. The summed E-state index contributed by atoms with van der Waals surface area (Å²) in [4.78, 5) is 41.4. The lowest BCUT2D eigenvalue weighted by molar-refractivity contribution is -0.165. The number of amides is 2. The number of nitrogens with zero attached hydrogens (tertiary/aromatic N) is 2. The Morgan fingerprint density at radius 3 is 2.69 bits per heavy atom. The van der Waals surface area contributed by atoms with Crippen molar-refractivity contribution in [1.82, 2.24) is 9.80 Å². The van der Waals surface area contributed by atoms with Gasteiger partial charge in [-0.3, -0.25) is 14.4 Å². The first-order chi connectivity index (χ1) is 12.6. The van der Waals surface area contributed by atoms with E-state index in [0.29, 0.717) is 50.7 Å². The largest absolute Gasteiger partial charge is 0.452 e. The van der Waals surface area contributed by atoms with E-state index in [-0.39, 0.29) is 17.7 Å². The Morgan fingerprint density at radius 1 is 1.23 bits per heavy atom.